The lowest BCUT2D eigenvalue weighted by atomic mass is 10.2. The number of fused-ring (bicyclic) bond motifs is 1. The molecule has 0 fully saturated rings. The number of nitrogens with zero attached hydrogens (tertiary/aromatic N) is 2. The molecule has 4 rings (SSSR count). The zero-order chi connectivity index (χ0) is 24.8. The first-order valence-electron chi connectivity index (χ1n) is 12.1. The fourth-order valence-electron chi connectivity index (χ4n) is 4.26. The number of benzene rings is 3. The number of para-hydroxylation sites is 1. The molecule has 0 spiro atoms. The number of hydrogen-bond donors (Lipinski definition) is 0. The molecule has 0 N–H and O–H groups in total. The monoisotopic (exact) mass is 488 g/mol. The average Bonchev–Trinajstić information content (AvgIpc) is 3.23. The molecule has 182 valence electrons. The van der Waals surface area contributed by atoms with Gasteiger partial charge in [-0.25, -0.2) is 8.42 Å². The smallest absolute Gasteiger partial charge is 0.242 e. The van der Waals surface area contributed by atoms with Gasteiger partial charge in [-0.1, -0.05) is 91.7 Å². The molecule has 0 radical (unpaired) electrons. The van der Waals surface area contributed by atoms with Gasteiger partial charge in [-0.15, -0.1) is 0 Å². The Balaban J connectivity index is 1.62. The summed E-state index contributed by atoms with van der Waals surface area (Å²) in [5.74, 6) is -0.100. The van der Waals surface area contributed by atoms with E-state index >= 15 is 0 Å². The molecule has 0 aliphatic heterocycles. The van der Waals surface area contributed by atoms with Crippen molar-refractivity contribution in [3.8, 4) is 0 Å². The molecule has 3 aromatic carbocycles. The van der Waals surface area contributed by atoms with Crippen molar-refractivity contribution in [3.63, 3.8) is 0 Å². The van der Waals surface area contributed by atoms with Gasteiger partial charge in [0.05, 0.1) is 10.6 Å². The second-order valence-corrected chi connectivity index (χ2v) is 11.0. The van der Waals surface area contributed by atoms with Crippen molar-refractivity contribution in [2.24, 2.45) is 0 Å². The van der Waals surface area contributed by atoms with Crippen molar-refractivity contribution in [1.82, 2.24) is 9.47 Å². The molecule has 0 unspecified atom stereocenters. The van der Waals surface area contributed by atoms with Crippen molar-refractivity contribution in [2.45, 2.75) is 50.4 Å². The minimum atomic E-state index is -3.60. The third-order valence-electron chi connectivity index (χ3n) is 6.22. The van der Waals surface area contributed by atoms with Crippen LogP contribution in [-0.4, -0.2) is 30.3 Å². The SMILES string of the molecule is CCCCN(Cc1ccccc1)C(=O)Cn1cc(S(=O)(=O)Cc2ccc(C)cc2)c2ccccc21. The second-order valence-electron chi connectivity index (χ2n) is 9.04. The summed E-state index contributed by atoms with van der Waals surface area (Å²) >= 11 is 0. The molecule has 0 aliphatic rings. The lowest BCUT2D eigenvalue weighted by molar-refractivity contribution is -0.132. The van der Waals surface area contributed by atoms with Gasteiger partial charge in [0.1, 0.15) is 6.54 Å². The lowest BCUT2D eigenvalue weighted by Gasteiger charge is -2.23. The highest BCUT2D eigenvalue weighted by Crippen LogP contribution is 2.28. The van der Waals surface area contributed by atoms with E-state index in [1.807, 2.05) is 90.7 Å². The van der Waals surface area contributed by atoms with Gasteiger partial charge in [0, 0.05) is 30.2 Å². The highest BCUT2D eigenvalue weighted by molar-refractivity contribution is 7.90. The fraction of sp³-hybridized carbons (Fsp3) is 0.276. The molecule has 0 saturated carbocycles. The zero-order valence-electron chi connectivity index (χ0n) is 20.4. The molecule has 0 bridgehead atoms. The Morgan fingerprint density at radius 2 is 1.57 bits per heavy atom. The number of amides is 1. The van der Waals surface area contributed by atoms with Crippen LogP contribution in [0.15, 0.2) is 90.0 Å². The quantitative estimate of drug-likeness (QED) is 0.285. The van der Waals surface area contributed by atoms with E-state index < -0.39 is 9.84 Å². The number of carbonyl (C=O) groups excluding carboxylic acids is 1. The summed E-state index contributed by atoms with van der Waals surface area (Å²) < 4.78 is 28.6. The molecule has 0 atom stereocenters. The molecule has 6 heteroatoms. The number of carbonyl (C=O) groups is 1. The van der Waals surface area contributed by atoms with E-state index in [1.165, 1.54) is 0 Å². The maximum Gasteiger partial charge on any atom is 0.242 e. The Morgan fingerprint density at radius 1 is 0.886 bits per heavy atom. The molecule has 35 heavy (non-hydrogen) atoms. The van der Waals surface area contributed by atoms with Crippen molar-refractivity contribution < 1.29 is 13.2 Å². The first-order chi connectivity index (χ1) is 16.9. The predicted octanol–water partition coefficient (Wildman–Crippen LogP) is 5.75. The second kappa shape index (κ2) is 10.9. The summed E-state index contributed by atoms with van der Waals surface area (Å²) in [5, 5.41) is 0.649. The van der Waals surface area contributed by atoms with E-state index in [0.717, 1.165) is 35.0 Å². The lowest BCUT2D eigenvalue weighted by Crippen LogP contribution is -2.34. The van der Waals surface area contributed by atoms with Crippen LogP contribution in [-0.2, 0) is 33.5 Å². The summed E-state index contributed by atoms with van der Waals surface area (Å²) in [6, 6.07) is 24.9. The maximum absolute atomic E-state index is 13.4. The molecule has 1 heterocycles. The van der Waals surface area contributed by atoms with Crippen molar-refractivity contribution in [2.75, 3.05) is 6.54 Å². The van der Waals surface area contributed by atoms with Gasteiger partial charge in [0.25, 0.3) is 0 Å². The number of sulfone groups is 1. The number of unbranched alkanes of at least 4 members (excludes halogenated alkanes) is 1. The molecular formula is C29H32N2O3S. The molecule has 4 aromatic rings. The third kappa shape index (κ3) is 6.01. The van der Waals surface area contributed by atoms with Crippen LogP contribution in [0.25, 0.3) is 10.9 Å². The van der Waals surface area contributed by atoms with Gasteiger partial charge in [-0.3, -0.25) is 4.79 Å². The van der Waals surface area contributed by atoms with Gasteiger partial charge in [0.15, 0.2) is 9.84 Å². The first kappa shape index (κ1) is 24.7. The number of hydrogen-bond acceptors (Lipinski definition) is 3. The topological polar surface area (TPSA) is 59.4 Å². The number of aromatic nitrogens is 1. The van der Waals surface area contributed by atoms with E-state index in [0.29, 0.717) is 18.5 Å². The Kier molecular flexibility index (Phi) is 7.71. The minimum absolute atomic E-state index is 0.0226. The van der Waals surface area contributed by atoms with Crippen LogP contribution < -0.4 is 0 Å². The normalized spacial score (nSPS) is 11.6. The maximum atomic E-state index is 13.4. The Labute approximate surface area is 207 Å². The standard InChI is InChI=1S/C29H32N2O3S/c1-3-4-18-30(19-24-10-6-5-7-11-24)29(32)21-31-20-28(26-12-8-9-13-27(26)31)35(33,34)22-25-16-14-23(2)15-17-25/h5-17,20H,3-4,18-19,21-22H2,1-2H3. The summed E-state index contributed by atoms with van der Waals surface area (Å²) in [7, 11) is -3.60. The van der Waals surface area contributed by atoms with Crippen LogP contribution >= 0.6 is 0 Å². The molecule has 1 amide bonds. The van der Waals surface area contributed by atoms with Crippen molar-refractivity contribution in [3.05, 3.63) is 102 Å². The highest BCUT2D eigenvalue weighted by Gasteiger charge is 2.23. The summed E-state index contributed by atoms with van der Waals surface area (Å²) in [5.41, 5.74) is 3.66. The van der Waals surface area contributed by atoms with E-state index in [1.54, 1.807) is 10.8 Å². The van der Waals surface area contributed by atoms with Crippen LogP contribution in [0, 0.1) is 6.92 Å². The van der Waals surface area contributed by atoms with Gasteiger partial charge in [-0.05, 0) is 30.5 Å². The van der Waals surface area contributed by atoms with E-state index in [9.17, 15) is 13.2 Å². The predicted molar refractivity (Wildman–Crippen MR) is 141 cm³/mol. The average molecular weight is 489 g/mol. The van der Waals surface area contributed by atoms with E-state index in [4.69, 9.17) is 0 Å². The van der Waals surface area contributed by atoms with Crippen LogP contribution in [0.4, 0.5) is 0 Å². The Morgan fingerprint density at radius 3 is 2.29 bits per heavy atom. The van der Waals surface area contributed by atoms with Gasteiger partial charge in [-0.2, -0.15) is 0 Å². The summed E-state index contributed by atoms with van der Waals surface area (Å²) in [6.45, 7) is 5.39. The van der Waals surface area contributed by atoms with Crippen LogP contribution in [0.1, 0.15) is 36.5 Å². The van der Waals surface area contributed by atoms with Crippen molar-refractivity contribution >= 4 is 26.6 Å². The van der Waals surface area contributed by atoms with Crippen LogP contribution in [0.2, 0.25) is 0 Å². The minimum Gasteiger partial charge on any atom is -0.337 e. The Hall–Kier alpha value is -3.38. The zero-order valence-corrected chi connectivity index (χ0v) is 21.2. The third-order valence-corrected chi connectivity index (χ3v) is 7.93. The highest BCUT2D eigenvalue weighted by atomic mass is 32.2. The largest absolute Gasteiger partial charge is 0.337 e. The van der Waals surface area contributed by atoms with Gasteiger partial charge in [0.2, 0.25) is 5.91 Å². The van der Waals surface area contributed by atoms with Crippen LogP contribution in [0.5, 0.6) is 0 Å². The molecule has 0 aliphatic carbocycles. The molecule has 1 aromatic heterocycles. The van der Waals surface area contributed by atoms with Gasteiger partial charge < -0.3 is 9.47 Å². The number of rotatable bonds is 10. The molecular weight excluding hydrogens is 456 g/mol. The van der Waals surface area contributed by atoms with Gasteiger partial charge >= 0.3 is 0 Å². The van der Waals surface area contributed by atoms with Crippen LogP contribution in [0.3, 0.4) is 0 Å². The summed E-state index contributed by atoms with van der Waals surface area (Å²) in [4.78, 5) is 15.5. The first-order valence-corrected chi connectivity index (χ1v) is 13.7. The van der Waals surface area contributed by atoms with E-state index in [2.05, 4.69) is 6.92 Å². The Bertz CT molecular complexity index is 1390. The summed E-state index contributed by atoms with van der Waals surface area (Å²) in [6.07, 6.45) is 3.54. The molecule has 5 nitrogen and oxygen atoms in total. The fourth-order valence-corrected chi connectivity index (χ4v) is 5.85. The van der Waals surface area contributed by atoms with Crippen molar-refractivity contribution in [1.29, 1.82) is 0 Å². The number of aryl methyl sites for hydroxylation is 1. The molecule has 0 saturated heterocycles. The van der Waals surface area contributed by atoms with E-state index in [-0.39, 0.29) is 23.1 Å².